The number of hydrogen-bond acceptors (Lipinski definition) is 3. The molecule has 0 radical (unpaired) electrons. The number of carbonyl (C=O) groups excluding carboxylic acids is 1. The van der Waals surface area contributed by atoms with E-state index in [9.17, 15) is 4.79 Å². The number of ether oxygens (including phenoxy) is 1. The van der Waals surface area contributed by atoms with E-state index < -0.39 is 0 Å². The minimum absolute atomic E-state index is 0.000783. The highest BCUT2D eigenvalue weighted by molar-refractivity contribution is 5.90. The zero-order valence-corrected chi connectivity index (χ0v) is 14.5. The van der Waals surface area contributed by atoms with Gasteiger partial charge in [0.25, 0.3) is 0 Å². The lowest BCUT2D eigenvalue weighted by Gasteiger charge is -2.19. The Morgan fingerprint density at radius 3 is 2.67 bits per heavy atom. The highest BCUT2D eigenvalue weighted by Crippen LogP contribution is 2.22. The van der Waals surface area contributed by atoms with E-state index in [1.165, 1.54) is 5.56 Å². The van der Waals surface area contributed by atoms with Crippen LogP contribution in [0.3, 0.4) is 0 Å². The molecule has 2 amide bonds. The van der Waals surface area contributed by atoms with E-state index in [2.05, 4.69) is 22.4 Å². The Morgan fingerprint density at radius 1 is 1.21 bits per heavy atom. The number of urea groups is 1. The fourth-order valence-electron chi connectivity index (χ4n) is 2.28. The SMILES string of the molecule is CC(C)Oc1ncccc1NC(=O)N(C)CCCc1ccccc1. The van der Waals surface area contributed by atoms with Crippen LogP contribution in [0.4, 0.5) is 10.5 Å². The average Bonchev–Trinajstić information content (AvgIpc) is 2.57. The highest BCUT2D eigenvalue weighted by Gasteiger charge is 2.13. The number of anilines is 1. The Hall–Kier alpha value is -2.56. The lowest BCUT2D eigenvalue weighted by Crippen LogP contribution is -2.32. The zero-order valence-electron chi connectivity index (χ0n) is 14.5. The number of hydrogen-bond donors (Lipinski definition) is 1. The number of nitrogens with one attached hydrogen (secondary N) is 1. The predicted octanol–water partition coefficient (Wildman–Crippen LogP) is 3.97. The Balaban J connectivity index is 1.85. The van der Waals surface area contributed by atoms with Gasteiger partial charge in [-0.25, -0.2) is 9.78 Å². The molecule has 1 N–H and O–H groups in total. The van der Waals surface area contributed by atoms with E-state index in [-0.39, 0.29) is 12.1 Å². The van der Waals surface area contributed by atoms with Gasteiger partial charge in [-0.15, -0.1) is 0 Å². The van der Waals surface area contributed by atoms with Crippen molar-refractivity contribution in [1.82, 2.24) is 9.88 Å². The first kappa shape index (κ1) is 17.8. The van der Waals surface area contributed by atoms with Gasteiger partial charge < -0.3 is 15.0 Å². The molecule has 5 nitrogen and oxygen atoms in total. The predicted molar refractivity (Wildman–Crippen MR) is 96.4 cm³/mol. The van der Waals surface area contributed by atoms with Crippen molar-refractivity contribution in [2.75, 3.05) is 18.9 Å². The second-order valence-corrected chi connectivity index (χ2v) is 5.96. The van der Waals surface area contributed by atoms with Crippen molar-refractivity contribution in [2.45, 2.75) is 32.8 Å². The van der Waals surface area contributed by atoms with E-state index in [0.29, 0.717) is 18.1 Å². The van der Waals surface area contributed by atoms with Crippen LogP contribution in [0.25, 0.3) is 0 Å². The van der Waals surface area contributed by atoms with Crippen molar-refractivity contribution >= 4 is 11.7 Å². The molecule has 0 aliphatic carbocycles. The van der Waals surface area contributed by atoms with Gasteiger partial charge in [-0.1, -0.05) is 30.3 Å². The molecule has 0 unspecified atom stereocenters. The number of nitrogens with zero attached hydrogens (tertiary/aromatic N) is 2. The fraction of sp³-hybridized carbons (Fsp3) is 0.368. The number of rotatable bonds is 7. The summed E-state index contributed by atoms with van der Waals surface area (Å²) in [5.41, 5.74) is 1.87. The summed E-state index contributed by atoms with van der Waals surface area (Å²) < 4.78 is 5.62. The molecule has 1 aromatic heterocycles. The van der Waals surface area contributed by atoms with Gasteiger partial charge in [0.15, 0.2) is 0 Å². The van der Waals surface area contributed by atoms with Gasteiger partial charge in [-0.2, -0.15) is 0 Å². The number of carbonyl (C=O) groups is 1. The molecule has 24 heavy (non-hydrogen) atoms. The largest absolute Gasteiger partial charge is 0.473 e. The van der Waals surface area contributed by atoms with E-state index in [0.717, 1.165) is 12.8 Å². The van der Waals surface area contributed by atoms with E-state index in [4.69, 9.17) is 4.74 Å². The Kier molecular flexibility index (Phi) is 6.61. The first-order valence-electron chi connectivity index (χ1n) is 8.24. The van der Waals surface area contributed by atoms with Crippen LogP contribution in [0.1, 0.15) is 25.8 Å². The van der Waals surface area contributed by atoms with Crippen LogP contribution in [-0.4, -0.2) is 35.6 Å². The van der Waals surface area contributed by atoms with Crippen molar-refractivity contribution < 1.29 is 9.53 Å². The summed E-state index contributed by atoms with van der Waals surface area (Å²) in [6.45, 7) is 4.54. The molecule has 0 aliphatic heterocycles. The van der Waals surface area contributed by atoms with Crippen molar-refractivity contribution in [3.8, 4) is 5.88 Å². The molecule has 1 aromatic carbocycles. The molecular formula is C19H25N3O2. The molecule has 128 valence electrons. The Bertz CT molecular complexity index is 644. The third-order valence-corrected chi connectivity index (χ3v) is 3.51. The number of aryl methyl sites for hydroxylation is 1. The number of pyridine rings is 1. The van der Waals surface area contributed by atoms with Crippen LogP contribution in [0, 0.1) is 0 Å². The van der Waals surface area contributed by atoms with E-state index in [1.807, 2.05) is 32.0 Å². The van der Waals surface area contributed by atoms with Gasteiger partial charge in [0.05, 0.1) is 6.10 Å². The molecule has 0 spiro atoms. The summed E-state index contributed by atoms with van der Waals surface area (Å²) in [7, 11) is 1.79. The Morgan fingerprint density at radius 2 is 1.96 bits per heavy atom. The number of amides is 2. The van der Waals surface area contributed by atoms with Gasteiger partial charge in [-0.3, -0.25) is 0 Å². The average molecular weight is 327 g/mol. The smallest absolute Gasteiger partial charge is 0.321 e. The number of benzene rings is 1. The maximum absolute atomic E-state index is 12.3. The summed E-state index contributed by atoms with van der Waals surface area (Å²) >= 11 is 0. The van der Waals surface area contributed by atoms with Gasteiger partial charge in [0.1, 0.15) is 5.69 Å². The lowest BCUT2D eigenvalue weighted by atomic mass is 10.1. The molecule has 1 heterocycles. The summed E-state index contributed by atoms with van der Waals surface area (Å²) in [5, 5.41) is 2.86. The molecule has 2 rings (SSSR count). The molecule has 0 saturated heterocycles. The normalized spacial score (nSPS) is 10.5. The van der Waals surface area contributed by atoms with E-state index in [1.54, 1.807) is 30.3 Å². The van der Waals surface area contributed by atoms with Gasteiger partial charge in [0.2, 0.25) is 5.88 Å². The van der Waals surface area contributed by atoms with Crippen LogP contribution in [0.5, 0.6) is 5.88 Å². The zero-order chi connectivity index (χ0) is 17.4. The molecular weight excluding hydrogens is 302 g/mol. The first-order valence-corrected chi connectivity index (χ1v) is 8.24. The van der Waals surface area contributed by atoms with Gasteiger partial charge in [0, 0.05) is 19.8 Å². The molecule has 2 aromatic rings. The maximum Gasteiger partial charge on any atom is 0.321 e. The lowest BCUT2D eigenvalue weighted by molar-refractivity contribution is 0.220. The van der Waals surface area contributed by atoms with Crippen molar-refractivity contribution in [2.24, 2.45) is 0 Å². The number of aromatic nitrogens is 1. The van der Waals surface area contributed by atoms with Crippen molar-refractivity contribution in [3.05, 3.63) is 54.2 Å². The molecule has 0 atom stereocenters. The van der Waals surface area contributed by atoms with Crippen molar-refractivity contribution in [1.29, 1.82) is 0 Å². The molecule has 0 bridgehead atoms. The van der Waals surface area contributed by atoms with Crippen LogP contribution < -0.4 is 10.1 Å². The topological polar surface area (TPSA) is 54.5 Å². The quantitative estimate of drug-likeness (QED) is 0.837. The molecule has 5 heteroatoms. The van der Waals surface area contributed by atoms with E-state index >= 15 is 0 Å². The van der Waals surface area contributed by atoms with Crippen LogP contribution in [0.2, 0.25) is 0 Å². The minimum Gasteiger partial charge on any atom is -0.473 e. The van der Waals surface area contributed by atoms with Gasteiger partial charge in [-0.05, 0) is 44.4 Å². The minimum atomic E-state index is -0.162. The fourth-order valence-corrected chi connectivity index (χ4v) is 2.28. The standard InChI is InChI=1S/C19H25N3O2/c1-15(2)24-18-17(12-7-13-20-18)21-19(23)22(3)14-8-11-16-9-5-4-6-10-16/h4-7,9-10,12-13,15H,8,11,14H2,1-3H3,(H,21,23). The summed E-state index contributed by atoms with van der Waals surface area (Å²) in [4.78, 5) is 18.2. The van der Waals surface area contributed by atoms with Crippen LogP contribution in [-0.2, 0) is 6.42 Å². The Labute approximate surface area is 143 Å². The van der Waals surface area contributed by atoms with Gasteiger partial charge >= 0.3 is 6.03 Å². The second kappa shape index (κ2) is 8.91. The molecule has 0 aliphatic rings. The van der Waals surface area contributed by atoms with Crippen LogP contribution >= 0.6 is 0 Å². The maximum atomic E-state index is 12.3. The summed E-state index contributed by atoms with van der Waals surface area (Å²) in [5.74, 6) is 0.443. The molecule has 0 saturated carbocycles. The molecule has 0 fully saturated rings. The third kappa shape index (κ3) is 5.57. The summed E-state index contributed by atoms with van der Waals surface area (Å²) in [6, 6.07) is 13.7. The second-order valence-electron chi connectivity index (χ2n) is 5.96. The monoisotopic (exact) mass is 327 g/mol. The third-order valence-electron chi connectivity index (χ3n) is 3.51. The first-order chi connectivity index (χ1) is 11.6. The highest BCUT2D eigenvalue weighted by atomic mass is 16.5. The summed E-state index contributed by atoms with van der Waals surface area (Å²) in [6.07, 6.45) is 3.51. The van der Waals surface area contributed by atoms with Crippen molar-refractivity contribution in [3.63, 3.8) is 0 Å². The van der Waals surface area contributed by atoms with Crippen LogP contribution in [0.15, 0.2) is 48.7 Å².